The lowest BCUT2D eigenvalue weighted by atomic mass is 10.1. The minimum Gasteiger partial charge on any atom is -0.450 e. The van der Waals surface area contributed by atoms with E-state index in [4.69, 9.17) is 10.5 Å². The van der Waals surface area contributed by atoms with E-state index in [2.05, 4.69) is 29.7 Å². The number of carbonyl (C=O) groups is 2. The average Bonchev–Trinajstić information content (AvgIpc) is 2.61. The molecule has 0 fully saturated rings. The summed E-state index contributed by atoms with van der Waals surface area (Å²) < 4.78 is 5.19. The summed E-state index contributed by atoms with van der Waals surface area (Å²) in [5, 5.41) is 6.11. The summed E-state index contributed by atoms with van der Waals surface area (Å²) in [5.74, 6) is -0.449. The van der Waals surface area contributed by atoms with Gasteiger partial charge in [-0.05, 0) is 31.9 Å². The first-order valence-electron chi connectivity index (χ1n) is 9.51. The molecule has 0 spiro atoms. The second kappa shape index (κ2) is 13.2. The molecular weight excluding hydrogens is 330 g/mol. The van der Waals surface area contributed by atoms with Gasteiger partial charge in [0.1, 0.15) is 0 Å². The molecule has 26 heavy (non-hydrogen) atoms. The molecule has 0 aromatic heterocycles. The van der Waals surface area contributed by atoms with Crippen molar-refractivity contribution in [3.63, 3.8) is 0 Å². The van der Waals surface area contributed by atoms with E-state index in [0.717, 1.165) is 38.6 Å². The Morgan fingerprint density at radius 2 is 1.88 bits per heavy atom. The zero-order valence-electron chi connectivity index (χ0n) is 16.0. The Labute approximate surface area is 156 Å². The molecule has 0 saturated heterocycles. The maximum absolute atomic E-state index is 12.0. The molecular formula is C20H33N3O3. The molecule has 0 aliphatic heterocycles. The van der Waals surface area contributed by atoms with Gasteiger partial charge < -0.3 is 21.1 Å². The fourth-order valence-electron chi connectivity index (χ4n) is 2.69. The number of amides is 2. The van der Waals surface area contributed by atoms with Crippen LogP contribution in [-0.4, -0.2) is 37.2 Å². The molecule has 1 aromatic rings. The first-order valence-corrected chi connectivity index (χ1v) is 9.51. The van der Waals surface area contributed by atoms with Crippen molar-refractivity contribution in [2.45, 2.75) is 64.5 Å². The molecule has 0 radical (unpaired) electrons. The maximum atomic E-state index is 12.0. The molecule has 0 bridgehead atoms. The molecule has 6 nitrogen and oxygen atoms in total. The van der Waals surface area contributed by atoms with Crippen molar-refractivity contribution >= 4 is 12.0 Å². The van der Waals surface area contributed by atoms with Crippen LogP contribution in [0.3, 0.4) is 0 Å². The van der Waals surface area contributed by atoms with E-state index in [9.17, 15) is 9.59 Å². The Kier molecular flexibility index (Phi) is 11.1. The van der Waals surface area contributed by atoms with Gasteiger partial charge in [-0.2, -0.15) is 0 Å². The van der Waals surface area contributed by atoms with Crippen molar-refractivity contribution in [1.82, 2.24) is 10.6 Å². The van der Waals surface area contributed by atoms with Gasteiger partial charge in [0.2, 0.25) is 5.91 Å². The third-order valence-electron chi connectivity index (χ3n) is 4.28. The van der Waals surface area contributed by atoms with Gasteiger partial charge in [0.05, 0.1) is 12.6 Å². The van der Waals surface area contributed by atoms with E-state index in [0.29, 0.717) is 6.61 Å². The number of alkyl carbamates (subject to hydrolysis) is 1. The van der Waals surface area contributed by atoms with Gasteiger partial charge in [-0.1, -0.05) is 56.5 Å². The minimum absolute atomic E-state index is 0.0738. The predicted octanol–water partition coefficient (Wildman–Crippen LogP) is 2.76. The first-order chi connectivity index (χ1) is 12.5. The molecule has 2 amide bonds. The molecule has 1 aromatic carbocycles. The lowest BCUT2D eigenvalue weighted by molar-refractivity contribution is -0.118. The summed E-state index contributed by atoms with van der Waals surface area (Å²) in [4.78, 5) is 23.3. The van der Waals surface area contributed by atoms with Crippen molar-refractivity contribution in [2.24, 2.45) is 5.73 Å². The molecule has 146 valence electrons. The van der Waals surface area contributed by atoms with Gasteiger partial charge in [-0.25, -0.2) is 4.79 Å². The Hall–Kier alpha value is -2.08. The van der Waals surface area contributed by atoms with E-state index in [1.165, 1.54) is 5.56 Å². The summed E-state index contributed by atoms with van der Waals surface area (Å²) in [6.07, 6.45) is 4.63. The molecule has 0 aliphatic rings. The lowest BCUT2D eigenvalue weighted by Crippen LogP contribution is -2.50. The van der Waals surface area contributed by atoms with Crippen LogP contribution in [0, 0.1) is 0 Å². The Morgan fingerprint density at radius 1 is 1.15 bits per heavy atom. The summed E-state index contributed by atoms with van der Waals surface area (Å²) in [5.41, 5.74) is 6.56. The number of nitrogens with two attached hydrogens (primary N) is 1. The number of ether oxygens (including phenoxy) is 1. The molecule has 4 N–H and O–H groups in total. The van der Waals surface area contributed by atoms with Crippen molar-refractivity contribution in [2.75, 3.05) is 13.2 Å². The second-order valence-corrected chi connectivity index (χ2v) is 6.60. The summed E-state index contributed by atoms with van der Waals surface area (Å²) >= 11 is 0. The molecule has 0 aliphatic carbocycles. The minimum atomic E-state index is -0.496. The third kappa shape index (κ3) is 10.0. The zero-order chi connectivity index (χ0) is 19.2. The van der Waals surface area contributed by atoms with E-state index in [1.807, 2.05) is 25.1 Å². The molecule has 2 atom stereocenters. The number of unbranched alkanes of at least 4 members (excludes halogenated alkanes) is 3. The quantitative estimate of drug-likeness (QED) is 0.470. The molecule has 1 rings (SSSR count). The topological polar surface area (TPSA) is 93.4 Å². The van der Waals surface area contributed by atoms with Crippen LogP contribution >= 0.6 is 0 Å². The molecule has 0 saturated carbocycles. The molecule has 1 unspecified atom stereocenters. The van der Waals surface area contributed by atoms with E-state index in [1.54, 1.807) is 0 Å². The zero-order valence-corrected chi connectivity index (χ0v) is 16.0. The number of hydrogen-bond donors (Lipinski definition) is 3. The molecule has 0 heterocycles. The van der Waals surface area contributed by atoms with Gasteiger partial charge in [0.25, 0.3) is 0 Å². The predicted molar refractivity (Wildman–Crippen MR) is 104 cm³/mol. The summed E-state index contributed by atoms with van der Waals surface area (Å²) in [6.45, 7) is 5.20. The summed E-state index contributed by atoms with van der Waals surface area (Å²) in [7, 11) is 0. The smallest absolute Gasteiger partial charge is 0.407 e. The van der Waals surface area contributed by atoms with Crippen LogP contribution < -0.4 is 16.4 Å². The Morgan fingerprint density at radius 3 is 2.54 bits per heavy atom. The van der Waals surface area contributed by atoms with Gasteiger partial charge in [-0.3, -0.25) is 4.79 Å². The SMILES string of the molecule is CCCCCCOC(=O)N[C@H](CC(N)=O)C(C)NCCc1ccccc1. The van der Waals surface area contributed by atoms with Gasteiger partial charge in [0.15, 0.2) is 0 Å². The van der Waals surface area contributed by atoms with Crippen molar-refractivity contribution in [3.8, 4) is 0 Å². The average molecular weight is 364 g/mol. The van der Waals surface area contributed by atoms with Crippen LogP contribution in [-0.2, 0) is 16.0 Å². The normalized spacial score (nSPS) is 13.0. The highest BCUT2D eigenvalue weighted by Gasteiger charge is 2.21. The van der Waals surface area contributed by atoms with E-state index in [-0.39, 0.29) is 12.5 Å². The first kappa shape index (κ1) is 22.0. The number of primary amides is 1. The van der Waals surface area contributed by atoms with Crippen LogP contribution in [0.4, 0.5) is 4.79 Å². The maximum Gasteiger partial charge on any atom is 0.407 e. The molecule has 6 heteroatoms. The Balaban J connectivity index is 2.38. The number of nitrogens with one attached hydrogen (secondary N) is 2. The van der Waals surface area contributed by atoms with Crippen LogP contribution in [0.15, 0.2) is 30.3 Å². The van der Waals surface area contributed by atoms with Crippen LogP contribution in [0.2, 0.25) is 0 Å². The van der Waals surface area contributed by atoms with Crippen LogP contribution in [0.25, 0.3) is 0 Å². The summed E-state index contributed by atoms with van der Waals surface area (Å²) in [6, 6.07) is 9.65. The van der Waals surface area contributed by atoms with Crippen molar-refractivity contribution in [3.05, 3.63) is 35.9 Å². The monoisotopic (exact) mass is 363 g/mol. The highest BCUT2D eigenvalue weighted by atomic mass is 16.5. The fraction of sp³-hybridized carbons (Fsp3) is 0.600. The van der Waals surface area contributed by atoms with Gasteiger partial charge >= 0.3 is 6.09 Å². The van der Waals surface area contributed by atoms with Crippen molar-refractivity contribution < 1.29 is 14.3 Å². The van der Waals surface area contributed by atoms with E-state index < -0.39 is 18.0 Å². The van der Waals surface area contributed by atoms with Crippen LogP contribution in [0.5, 0.6) is 0 Å². The third-order valence-corrected chi connectivity index (χ3v) is 4.28. The van der Waals surface area contributed by atoms with Crippen molar-refractivity contribution in [1.29, 1.82) is 0 Å². The lowest BCUT2D eigenvalue weighted by Gasteiger charge is -2.25. The number of hydrogen-bond acceptors (Lipinski definition) is 4. The number of benzene rings is 1. The number of carbonyl (C=O) groups excluding carboxylic acids is 2. The standard InChI is InChI=1S/C20H33N3O3/c1-3-4-5-9-14-26-20(25)23-18(15-19(21)24)16(2)22-13-12-17-10-7-6-8-11-17/h6-8,10-11,16,18,22H,3-5,9,12-15H2,1-2H3,(H2,21,24)(H,23,25)/t16?,18-/m1/s1. The van der Waals surface area contributed by atoms with Gasteiger partial charge in [-0.15, -0.1) is 0 Å². The van der Waals surface area contributed by atoms with Crippen LogP contribution in [0.1, 0.15) is 51.5 Å². The number of rotatable bonds is 13. The van der Waals surface area contributed by atoms with Gasteiger partial charge in [0, 0.05) is 12.5 Å². The second-order valence-electron chi connectivity index (χ2n) is 6.60. The van der Waals surface area contributed by atoms with E-state index >= 15 is 0 Å². The highest BCUT2D eigenvalue weighted by molar-refractivity contribution is 5.76. The highest BCUT2D eigenvalue weighted by Crippen LogP contribution is 2.03. The Bertz CT molecular complexity index is 522. The largest absolute Gasteiger partial charge is 0.450 e. The fourth-order valence-corrected chi connectivity index (χ4v) is 2.69.